The van der Waals surface area contributed by atoms with Crippen LogP contribution in [-0.4, -0.2) is 118 Å². The Bertz CT molecular complexity index is 1430. The van der Waals surface area contributed by atoms with Crippen LogP contribution < -0.4 is 5.32 Å². The number of methoxy groups -OCH3 is 1. The molecule has 3 aliphatic heterocycles. The summed E-state index contributed by atoms with van der Waals surface area (Å²) in [6.45, 7) is 8.79. The van der Waals surface area contributed by atoms with Crippen LogP contribution in [0.1, 0.15) is 111 Å². The van der Waals surface area contributed by atoms with Gasteiger partial charge in [-0.15, -0.1) is 0 Å². The van der Waals surface area contributed by atoms with Crippen molar-refractivity contribution in [3.05, 3.63) is 11.6 Å². The van der Waals surface area contributed by atoms with Crippen LogP contribution in [0.25, 0.3) is 0 Å². The van der Waals surface area contributed by atoms with Gasteiger partial charge in [0.2, 0.25) is 5.91 Å². The van der Waals surface area contributed by atoms with Gasteiger partial charge in [-0.1, -0.05) is 33.1 Å². The molecule has 0 bridgehead atoms. The van der Waals surface area contributed by atoms with Gasteiger partial charge < -0.3 is 39.5 Å². The van der Waals surface area contributed by atoms with E-state index in [1.54, 1.807) is 18.9 Å². The van der Waals surface area contributed by atoms with Gasteiger partial charge in [-0.05, 0) is 124 Å². The average molecular weight is 743 g/mol. The molecule has 0 radical (unpaired) electrons. The minimum absolute atomic E-state index is 0.00374. The second kappa shape index (κ2) is 14.2. The highest BCUT2D eigenvalue weighted by Crippen LogP contribution is 2.72. The summed E-state index contributed by atoms with van der Waals surface area (Å²) in [5.41, 5.74) is -2.95. The quantitative estimate of drug-likeness (QED) is 0.166. The number of aliphatic hydroxyl groups excluding tert-OH is 2. The van der Waals surface area contributed by atoms with Gasteiger partial charge in [0.25, 0.3) is 0 Å². The summed E-state index contributed by atoms with van der Waals surface area (Å²) >= 11 is 0. The van der Waals surface area contributed by atoms with Crippen LogP contribution in [0.3, 0.4) is 0 Å². The number of fused-ring (bicyclic) bond motifs is 6. The minimum atomic E-state index is -1.61. The molecule has 15 unspecified atom stereocenters. The highest BCUT2D eigenvalue weighted by Gasteiger charge is 2.73. The molecule has 11 heteroatoms. The monoisotopic (exact) mass is 742 g/mol. The second-order valence-electron chi connectivity index (χ2n) is 19.1. The number of piperidine rings is 1. The predicted octanol–water partition coefficient (Wildman–Crippen LogP) is 3.50. The highest BCUT2D eigenvalue weighted by molar-refractivity contribution is 5.95. The van der Waals surface area contributed by atoms with Crippen LogP contribution >= 0.6 is 0 Å². The Kier molecular flexibility index (Phi) is 10.3. The average Bonchev–Trinajstić information content (AvgIpc) is 3.87. The maximum atomic E-state index is 14.3. The number of nitrogens with one attached hydrogen (secondary N) is 1. The molecule has 5 aliphatic carbocycles. The number of hydrogen-bond donors (Lipinski definition) is 5. The van der Waals surface area contributed by atoms with Gasteiger partial charge in [-0.3, -0.25) is 14.9 Å². The number of aliphatic hydroxyl groups is 4. The van der Waals surface area contributed by atoms with E-state index in [2.05, 4.69) is 12.2 Å². The highest BCUT2D eigenvalue weighted by atomic mass is 16.5. The van der Waals surface area contributed by atoms with Crippen molar-refractivity contribution < 1.29 is 44.2 Å². The summed E-state index contributed by atoms with van der Waals surface area (Å²) in [4.78, 5) is 29.0. The second-order valence-corrected chi connectivity index (χ2v) is 19.1. The zero-order valence-corrected chi connectivity index (χ0v) is 32.5. The normalized spacial score (nSPS) is 47.1. The van der Waals surface area contributed by atoms with Crippen LogP contribution in [0.5, 0.6) is 0 Å². The van der Waals surface area contributed by atoms with Gasteiger partial charge >= 0.3 is 0 Å². The summed E-state index contributed by atoms with van der Waals surface area (Å²) in [5.74, 6) is -0.595. The lowest BCUT2D eigenvalue weighted by Gasteiger charge is -2.64. The molecule has 7 fully saturated rings. The van der Waals surface area contributed by atoms with Crippen molar-refractivity contribution >= 4 is 11.7 Å². The molecule has 53 heavy (non-hydrogen) atoms. The minimum Gasteiger partial charge on any atom is -0.387 e. The van der Waals surface area contributed by atoms with E-state index in [1.807, 2.05) is 13.0 Å². The zero-order chi connectivity index (χ0) is 37.5. The largest absolute Gasteiger partial charge is 0.387 e. The summed E-state index contributed by atoms with van der Waals surface area (Å²) < 4.78 is 17.9. The third-order valence-corrected chi connectivity index (χ3v) is 16.6. The Morgan fingerprint density at radius 1 is 1.08 bits per heavy atom. The van der Waals surface area contributed by atoms with Crippen molar-refractivity contribution in [1.82, 2.24) is 10.2 Å². The first-order chi connectivity index (χ1) is 25.3. The topological polar surface area (TPSA) is 158 Å². The van der Waals surface area contributed by atoms with Crippen molar-refractivity contribution in [1.29, 1.82) is 0 Å². The molecular formula is C42H66N2O9. The molecule has 0 aromatic rings. The van der Waals surface area contributed by atoms with Crippen molar-refractivity contribution in [2.45, 2.75) is 159 Å². The van der Waals surface area contributed by atoms with Crippen LogP contribution in [0.4, 0.5) is 0 Å². The van der Waals surface area contributed by atoms with Gasteiger partial charge in [-0.2, -0.15) is 0 Å². The number of ether oxygens (including phenoxy) is 3. The number of rotatable bonds is 10. The number of ketones is 1. The number of allylic oxidation sites excluding steroid dienone is 1. The van der Waals surface area contributed by atoms with Gasteiger partial charge in [0, 0.05) is 44.7 Å². The first kappa shape index (κ1) is 38.4. The van der Waals surface area contributed by atoms with E-state index in [4.69, 9.17) is 14.2 Å². The number of amides is 1. The molecule has 11 nitrogen and oxygen atoms in total. The van der Waals surface area contributed by atoms with E-state index in [0.29, 0.717) is 38.9 Å². The van der Waals surface area contributed by atoms with Crippen molar-refractivity contribution in [2.24, 2.45) is 46.3 Å². The third-order valence-electron chi connectivity index (χ3n) is 16.6. The van der Waals surface area contributed by atoms with Crippen molar-refractivity contribution in [2.75, 3.05) is 33.4 Å². The van der Waals surface area contributed by atoms with E-state index in [-0.39, 0.29) is 52.8 Å². The Hall–Kier alpha value is -1.44. The molecule has 0 aromatic carbocycles. The van der Waals surface area contributed by atoms with E-state index in [1.165, 1.54) is 0 Å². The van der Waals surface area contributed by atoms with E-state index in [9.17, 15) is 30.0 Å². The van der Waals surface area contributed by atoms with Crippen molar-refractivity contribution in [3.63, 3.8) is 0 Å². The molecule has 298 valence electrons. The molecule has 0 aromatic heterocycles. The van der Waals surface area contributed by atoms with E-state index >= 15 is 0 Å². The zero-order valence-electron chi connectivity index (χ0n) is 32.5. The molecule has 8 rings (SSSR count). The summed E-state index contributed by atoms with van der Waals surface area (Å²) in [5, 5.41) is 52.9. The first-order valence-corrected chi connectivity index (χ1v) is 21.2. The summed E-state index contributed by atoms with van der Waals surface area (Å²) in [7, 11) is 1.70. The van der Waals surface area contributed by atoms with Gasteiger partial charge in [-0.25, -0.2) is 0 Å². The fourth-order valence-corrected chi connectivity index (χ4v) is 13.7. The van der Waals surface area contributed by atoms with Gasteiger partial charge in [0.1, 0.15) is 18.4 Å². The molecule has 5 N–H and O–H groups in total. The molecule has 1 amide bonds. The molecule has 8 aliphatic rings. The Balaban J connectivity index is 1.07. The van der Waals surface area contributed by atoms with Gasteiger partial charge in [0.05, 0.1) is 29.5 Å². The number of nitrogens with zero attached hydrogens (tertiary/aromatic N) is 1. The van der Waals surface area contributed by atoms with Crippen molar-refractivity contribution in [3.8, 4) is 0 Å². The Labute approximate surface area is 315 Å². The lowest BCUT2D eigenvalue weighted by Crippen LogP contribution is -2.66. The summed E-state index contributed by atoms with van der Waals surface area (Å²) in [6.07, 6.45) is 9.81. The maximum absolute atomic E-state index is 14.3. The summed E-state index contributed by atoms with van der Waals surface area (Å²) in [6, 6.07) is -0.498. The van der Waals surface area contributed by atoms with Crippen LogP contribution in [-0.2, 0) is 23.8 Å². The number of carbonyl (C=O) groups is 2. The smallest absolute Gasteiger partial charge is 0.239 e. The lowest BCUT2D eigenvalue weighted by molar-refractivity contribution is -0.220. The Morgan fingerprint density at radius 3 is 2.55 bits per heavy atom. The van der Waals surface area contributed by atoms with Crippen LogP contribution in [0, 0.1) is 46.3 Å². The van der Waals surface area contributed by atoms with Gasteiger partial charge in [0.15, 0.2) is 5.78 Å². The van der Waals surface area contributed by atoms with E-state index in [0.717, 1.165) is 82.9 Å². The standard InChI is InChI=1S/C42H66N2O9/c1-24-27-22-31(38(48)44-17-18-44)43-37(47)35(27)53-34(24)36(46)40(3,49)33-13-16-42(50)29-23-32(45)30-21-26(52-20-8-19-51-4)11-14-39(30,2)28(29)12-15-41(33,42)25-9-6-5-7-10-25/h23-28,30-31,33-37,43,46-47,49-50H,5-22H2,1-4H3. The van der Waals surface area contributed by atoms with Crippen LogP contribution in [0.2, 0.25) is 0 Å². The fraction of sp³-hybridized carbons (Fsp3) is 0.905. The predicted molar refractivity (Wildman–Crippen MR) is 196 cm³/mol. The molecule has 3 saturated heterocycles. The SMILES string of the molecule is COCCCOC1CCC2(C)C(C1)C(=O)C=C1C2CCC2(C3CCCCC3)C(C(C)(O)C(O)C3OC4C(O)NC(C(=O)N5CC5)CC4C3C)CCC12O. The molecule has 3 heterocycles. The Morgan fingerprint density at radius 2 is 1.83 bits per heavy atom. The van der Waals surface area contributed by atoms with E-state index < -0.39 is 53.1 Å². The third kappa shape index (κ3) is 6.03. The molecule has 15 atom stereocenters. The number of carbonyl (C=O) groups excluding carboxylic acids is 2. The lowest BCUT2D eigenvalue weighted by atomic mass is 9.42. The number of hydrogen-bond acceptors (Lipinski definition) is 10. The molecule has 0 spiro atoms. The fourth-order valence-electron chi connectivity index (χ4n) is 13.7. The molecule has 4 saturated carbocycles. The molecular weight excluding hydrogens is 676 g/mol. The van der Waals surface area contributed by atoms with Crippen LogP contribution in [0.15, 0.2) is 11.6 Å². The first-order valence-electron chi connectivity index (χ1n) is 21.2. The maximum Gasteiger partial charge on any atom is 0.239 e.